The van der Waals surface area contributed by atoms with Crippen LogP contribution in [0.5, 0.6) is 5.75 Å². The molecule has 2 aromatic carbocycles. The molecular formula is C27H27N3O8. The Balaban J connectivity index is 1.72. The zero-order chi connectivity index (χ0) is 27.7. The number of hydrogen-bond donors (Lipinski definition) is 7. The molecule has 0 bridgehead atoms. The number of phenols is 1. The van der Waals surface area contributed by atoms with Crippen molar-refractivity contribution in [2.45, 2.75) is 24.5 Å². The zero-order valence-electron chi connectivity index (χ0n) is 20.6. The Morgan fingerprint density at radius 2 is 1.84 bits per heavy atom. The summed E-state index contributed by atoms with van der Waals surface area (Å²) in [7, 11) is 3.15. The number of nitrogens with one attached hydrogen (secondary N) is 1. The molecule has 38 heavy (non-hydrogen) atoms. The van der Waals surface area contributed by atoms with Crippen LogP contribution < -0.4 is 11.2 Å². The molecule has 0 saturated carbocycles. The Labute approximate surface area is 217 Å². The predicted molar refractivity (Wildman–Crippen MR) is 135 cm³/mol. The number of aromatic hydroxyl groups is 1. The summed E-state index contributed by atoms with van der Waals surface area (Å²) in [5.74, 6) is -6.95. The first-order chi connectivity index (χ1) is 17.9. The van der Waals surface area contributed by atoms with Gasteiger partial charge in [-0.25, -0.2) is 0 Å². The lowest BCUT2D eigenvalue weighted by atomic mass is 9.58. The van der Waals surface area contributed by atoms with E-state index >= 15 is 0 Å². The van der Waals surface area contributed by atoms with Crippen LogP contribution in [-0.4, -0.2) is 73.7 Å². The van der Waals surface area contributed by atoms with Crippen molar-refractivity contribution in [3.05, 3.63) is 70.2 Å². The predicted octanol–water partition coefficient (Wildman–Crippen LogP) is 1.59. The fourth-order valence-corrected chi connectivity index (χ4v) is 6.28. The van der Waals surface area contributed by atoms with Gasteiger partial charge in [0.05, 0.1) is 17.3 Å². The summed E-state index contributed by atoms with van der Waals surface area (Å²) in [6.07, 6.45) is 0.161. The van der Waals surface area contributed by atoms with Gasteiger partial charge in [0.25, 0.3) is 5.91 Å². The first kappa shape index (κ1) is 25.5. The second kappa shape index (κ2) is 8.69. The van der Waals surface area contributed by atoms with Gasteiger partial charge in [-0.1, -0.05) is 18.2 Å². The first-order valence-electron chi connectivity index (χ1n) is 11.9. The van der Waals surface area contributed by atoms with Crippen molar-refractivity contribution in [3.63, 3.8) is 0 Å². The highest BCUT2D eigenvalue weighted by Gasteiger charge is 2.63. The van der Waals surface area contributed by atoms with E-state index in [-0.39, 0.29) is 29.7 Å². The Bertz CT molecular complexity index is 1480. The van der Waals surface area contributed by atoms with Crippen LogP contribution in [0.4, 0.5) is 5.69 Å². The highest BCUT2D eigenvalue weighted by Crippen LogP contribution is 2.53. The van der Waals surface area contributed by atoms with E-state index in [9.17, 15) is 40.0 Å². The summed E-state index contributed by atoms with van der Waals surface area (Å²) in [5, 5.41) is 53.9. The molecule has 3 aliphatic carbocycles. The van der Waals surface area contributed by atoms with E-state index in [1.165, 1.54) is 11.0 Å². The minimum atomic E-state index is -2.68. The van der Waals surface area contributed by atoms with Crippen LogP contribution in [0.1, 0.15) is 22.3 Å². The number of phenolic OH excluding ortho intramolecular Hbond substituents is 1. The van der Waals surface area contributed by atoms with E-state index in [4.69, 9.17) is 5.73 Å². The van der Waals surface area contributed by atoms with Crippen molar-refractivity contribution in [1.29, 1.82) is 0 Å². The van der Waals surface area contributed by atoms with E-state index in [1.807, 2.05) is 0 Å². The molecule has 8 N–H and O–H groups in total. The third-order valence-corrected chi connectivity index (χ3v) is 7.91. The van der Waals surface area contributed by atoms with Gasteiger partial charge in [-0.15, -0.1) is 0 Å². The highest BCUT2D eigenvalue weighted by atomic mass is 16.5. The summed E-state index contributed by atoms with van der Waals surface area (Å²) >= 11 is 0. The fourth-order valence-electron chi connectivity index (χ4n) is 6.28. The number of ketones is 2. The summed E-state index contributed by atoms with van der Waals surface area (Å²) in [4.78, 5) is 40.7. The minimum Gasteiger partial charge on any atom is -0.510 e. The maximum atomic E-state index is 13.8. The van der Waals surface area contributed by atoms with Gasteiger partial charge >= 0.3 is 0 Å². The van der Waals surface area contributed by atoms with Crippen LogP contribution in [0.25, 0.3) is 11.1 Å². The van der Waals surface area contributed by atoms with Gasteiger partial charge in [0.15, 0.2) is 11.4 Å². The van der Waals surface area contributed by atoms with Crippen molar-refractivity contribution in [1.82, 2.24) is 4.90 Å². The van der Waals surface area contributed by atoms with Gasteiger partial charge in [0.2, 0.25) is 5.78 Å². The van der Waals surface area contributed by atoms with Gasteiger partial charge in [-0.2, -0.15) is 0 Å². The molecule has 0 spiro atoms. The molecule has 0 heterocycles. The molecule has 0 unspecified atom stereocenters. The van der Waals surface area contributed by atoms with Crippen molar-refractivity contribution in [2.75, 3.05) is 19.6 Å². The van der Waals surface area contributed by atoms with Gasteiger partial charge in [0.1, 0.15) is 22.8 Å². The summed E-state index contributed by atoms with van der Waals surface area (Å²) in [6, 6.07) is 8.71. The van der Waals surface area contributed by atoms with Gasteiger partial charge in [0, 0.05) is 11.5 Å². The van der Waals surface area contributed by atoms with Crippen LogP contribution in [0.3, 0.4) is 0 Å². The number of fused-ring (bicyclic) bond motifs is 3. The smallest absolute Gasteiger partial charge is 0.255 e. The number of aliphatic hydroxyl groups excluding tert-OH is 2. The summed E-state index contributed by atoms with van der Waals surface area (Å²) in [5.41, 5.74) is 5.78. The average molecular weight is 522 g/mol. The lowest BCUT2D eigenvalue weighted by molar-refractivity contribution is -0.148. The number of carbonyl (C=O) groups is 3. The molecule has 0 radical (unpaired) electrons. The topological polar surface area (TPSA) is 194 Å². The maximum absolute atomic E-state index is 13.8. The van der Waals surface area contributed by atoms with Crippen LogP contribution in [0, 0.1) is 11.8 Å². The number of primary amides is 1. The van der Waals surface area contributed by atoms with E-state index in [0.29, 0.717) is 22.4 Å². The zero-order valence-corrected chi connectivity index (χ0v) is 20.6. The molecule has 3 aliphatic rings. The Morgan fingerprint density at radius 1 is 1.13 bits per heavy atom. The maximum Gasteiger partial charge on any atom is 0.255 e. The second-order valence-corrected chi connectivity index (χ2v) is 10.1. The van der Waals surface area contributed by atoms with Crippen LogP contribution >= 0.6 is 0 Å². The number of benzene rings is 2. The molecule has 198 valence electrons. The Morgan fingerprint density at radius 3 is 2.47 bits per heavy atom. The molecule has 2 aromatic rings. The third kappa shape index (κ3) is 3.36. The second-order valence-electron chi connectivity index (χ2n) is 10.1. The number of likely N-dealkylation sites (N-methyl/N-ethyl adjacent to an activating group) is 1. The average Bonchev–Trinajstić information content (AvgIpc) is 2.86. The van der Waals surface area contributed by atoms with Crippen molar-refractivity contribution >= 4 is 23.2 Å². The Kier molecular flexibility index (Phi) is 5.82. The largest absolute Gasteiger partial charge is 0.510 e. The van der Waals surface area contributed by atoms with E-state index in [1.54, 1.807) is 44.4 Å². The monoisotopic (exact) mass is 521 g/mol. The molecule has 4 atom stereocenters. The van der Waals surface area contributed by atoms with Crippen molar-refractivity contribution in [3.8, 4) is 16.9 Å². The molecule has 11 nitrogen and oxygen atoms in total. The fraction of sp³-hybridized carbons (Fsp3) is 0.296. The minimum absolute atomic E-state index is 0.000899. The molecule has 1 amide bonds. The number of aliphatic hydroxyl groups is 3. The molecule has 0 aromatic heterocycles. The van der Waals surface area contributed by atoms with Crippen molar-refractivity contribution < 1.29 is 40.0 Å². The summed E-state index contributed by atoms with van der Waals surface area (Å²) in [6.45, 7) is 0. The summed E-state index contributed by atoms with van der Waals surface area (Å²) < 4.78 is 0. The first-order valence-corrected chi connectivity index (χ1v) is 11.9. The number of rotatable bonds is 4. The number of nitrogens with two attached hydrogens (primary N) is 1. The number of allylic oxidation sites excluding steroid dienone is 1. The van der Waals surface area contributed by atoms with Crippen LogP contribution in [0.2, 0.25) is 0 Å². The number of carbonyl (C=O) groups excluding carboxylic acids is 3. The normalized spacial score (nSPS) is 26.7. The SMILES string of the molecule is CN(C)[C@@H]1C(O)=C(C(N)=O)C(=O)[C@@]2(O)C(O)=C3C(=O)c4c(O)ccc(-c5cccc(NO)c5)c4C[C@H]3C[C@@H]12. The van der Waals surface area contributed by atoms with Gasteiger partial charge in [-0.05, 0) is 67.7 Å². The molecule has 5 rings (SSSR count). The lowest BCUT2D eigenvalue weighted by Crippen LogP contribution is -2.63. The number of Topliss-reactive ketones (excluding diaryl/α,β-unsaturated/α-hetero) is 2. The number of anilines is 1. The van der Waals surface area contributed by atoms with Gasteiger partial charge < -0.3 is 26.2 Å². The molecule has 11 heteroatoms. The van der Waals surface area contributed by atoms with Crippen LogP contribution in [0.15, 0.2) is 59.1 Å². The molecular weight excluding hydrogens is 494 g/mol. The quantitative estimate of drug-likeness (QED) is 0.229. The van der Waals surface area contributed by atoms with Crippen LogP contribution in [-0.2, 0) is 16.0 Å². The van der Waals surface area contributed by atoms with E-state index in [0.717, 1.165) is 0 Å². The molecule has 0 fully saturated rings. The van der Waals surface area contributed by atoms with E-state index in [2.05, 4.69) is 5.48 Å². The van der Waals surface area contributed by atoms with Gasteiger partial charge in [-0.3, -0.25) is 30.0 Å². The third-order valence-electron chi connectivity index (χ3n) is 7.91. The highest BCUT2D eigenvalue weighted by molar-refractivity contribution is 6.24. The van der Waals surface area contributed by atoms with E-state index < -0.39 is 58.0 Å². The number of hydrogen-bond acceptors (Lipinski definition) is 10. The number of nitrogens with zero attached hydrogens (tertiary/aromatic N) is 1. The Hall–Kier alpha value is -4.19. The standard InChI is InChI=1S/C27H27N3O8/c1-30(2)21-16-10-12-9-15-14(11-4-3-5-13(8-11)29-38)6-7-17(31)19(15)22(32)18(12)24(34)27(16,37)25(35)20(23(21)33)26(28)36/h3-8,12,16,21,29,31,33-34,37-38H,9-10H2,1-2H3,(H2,28,36)/t12-,16-,21-,27-/m0/s1. The molecule has 0 saturated heterocycles. The molecule has 0 aliphatic heterocycles. The lowest BCUT2D eigenvalue weighted by Gasteiger charge is -2.50. The van der Waals surface area contributed by atoms with Crippen molar-refractivity contribution in [2.24, 2.45) is 17.6 Å². The number of amides is 1.